The van der Waals surface area contributed by atoms with Crippen molar-refractivity contribution >= 4 is 22.4 Å². The molecule has 1 fully saturated rings. The van der Waals surface area contributed by atoms with Crippen molar-refractivity contribution in [2.75, 3.05) is 19.5 Å². The van der Waals surface area contributed by atoms with Crippen molar-refractivity contribution in [3.63, 3.8) is 0 Å². The van der Waals surface area contributed by atoms with Gasteiger partial charge in [-0.1, -0.05) is 43.9 Å². The standard InChI is InChI=1S/C22H31N3O3S/c1-4-5-6-7-15-8-10-16(11-9-15)20(26)23-22-25-24-21(29-22)17-12-13-18(27-2)19(14-17)28-3/h12-16H,4-11H2,1-3H3,(H,23,25,26). The predicted molar refractivity (Wildman–Crippen MR) is 117 cm³/mol. The molecule has 0 bridgehead atoms. The molecule has 1 amide bonds. The molecule has 0 radical (unpaired) electrons. The molecule has 1 aliphatic carbocycles. The second-order valence-corrected chi connectivity index (χ2v) is 8.66. The molecule has 0 atom stereocenters. The van der Waals surface area contributed by atoms with E-state index in [1.807, 2.05) is 18.2 Å². The van der Waals surface area contributed by atoms with E-state index in [4.69, 9.17) is 9.47 Å². The molecule has 0 aliphatic heterocycles. The van der Waals surface area contributed by atoms with Gasteiger partial charge in [0.1, 0.15) is 5.01 Å². The molecule has 6 nitrogen and oxygen atoms in total. The van der Waals surface area contributed by atoms with Gasteiger partial charge in [-0.15, -0.1) is 10.2 Å². The molecule has 1 aromatic heterocycles. The third-order valence-corrected chi connectivity index (χ3v) is 6.61. The first-order valence-corrected chi connectivity index (χ1v) is 11.3. The highest BCUT2D eigenvalue weighted by atomic mass is 32.1. The molecular weight excluding hydrogens is 386 g/mol. The third kappa shape index (κ3) is 5.69. The molecular formula is C22H31N3O3S. The number of rotatable bonds is 9. The van der Waals surface area contributed by atoms with Gasteiger partial charge in [-0.2, -0.15) is 0 Å². The van der Waals surface area contributed by atoms with Crippen molar-refractivity contribution in [3.05, 3.63) is 18.2 Å². The van der Waals surface area contributed by atoms with Crippen LogP contribution in [0.2, 0.25) is 0 Å². The van der Waals surface area contributed by atoms with Crippen LogP contribution in [0.5, 0.6) is 11.5 Å². The van der Waals surface area contributed by atoms with Crippen LogP contribution in [-0.4, -0.2) is 30.3 Å². The Morgan fingerprint density at radius 3 is 2.55 bits per heavy atom. The van der Waals surface area contributed by atoms with E-state index in [1.165, 1.54) is 37.0 Å². The zero-order valence-electron chi connectivity index (χ0n) is 17.6. The first-order chi connectivity index (χ1) is 14.1. The number of unbranched alkanes of at least 4 members (excludes halogenated alkanes) is 2. The van der Waals surface area contributed by atoms with Crippen molar-refractivity contribution in [2.45, 2.75) is 58.3 Å². The molecule has 158 valence electrons. The Labute approximate surface area is 177 Å². The van der Waals surface area contributed by atoms with E-state index in [0.29, 0.717) is 16.6 Å². The number of nitrogens with zero attached hydrogens (tertiary/aromatic N) is 2. The van der Waals surface area contributed by atoms with Gasteiger partial charge in [-0.25, -0.2) is 0 Å². The van der Waals surface area contributed by atoms with Crippen LogP contribution in [0.25, 0.3) is 10.6 Å². The Hall–Kier alpha value is -2.15. The van der Waals surface area contributed by atoms with Gasteiger partial charge >= 0.3 is 0 Å². The highest BCUT2D eigenvalue weighted by Gasteiger charge is 2.26. The summed E-state index contributed by atoms with van der Waals surface area (Å²) in [6.07, 6.45) is 9.50. The van der Waals surface area contributed by atoms with Crippen LogP contribution in [0, 0.1) is 11.8 Å². The maximum atomic E-state index is 12.7. The molecule has 0 saturated heterocycles. The summed E-state index contributed by atoms with van der Waals surface area (Å²) in [5, 5.41) is 12.6. The van der Waals surface area contributed by atoms with Gasteiger partial charge < -0.3 is 14.8 Å². The zero-order valence-corrected chi connectivity index (χ0v) is 18.4. The number of carbonyl (C=O) groups is 1. The molecule has 1 aliphatic rings. The SMILES string of the molecule is CCCCCC1CCC(C(=O)Nc2nnc(-c3ccc(OC)c(OC)c3)s2)CC1. The van der Waals surface area contributed by atoms with E-state index in [0.717, 1.165) is 42.2 Å². The molecule has 0 spiro atoms. The van der Waals surface area contributed by atoms with Crippen molar-refractivity contribution in [1.82, 2.24) is 10.2 Å². The lowest BCUT2D eigenvalue weighted by atomic mass is 9.79. The van der Waals surface area contributed by atoms with Crippen LogP contribution in [0.3, 0.4) is 0 Å². The van der Waals surface area contributed by atoms with E-state index in [9.17, 15) is 4.79 Å². The molecule has 7 heteroatoms. The van der Waals surface area contributed by atoms with Crippen molar-refractivity contribution < 1.29 is 14.3 Å². The predicted octanol–water partition coefficient (Wildman–Crippen LogP) is 5.55. The van der Waals surface area contributed by atoms with Crippen molar-refractivity contribution in [1.29, 1.82) is 0 Å². The summed E-state index contributed by atoms with van der Waals surface area (Å²) in [7, 11) is 3.21. The van der Waals surface area contributed by atoms with E-state index < -0.39 is 0 Å². The lowest BCUT2D eigenvalue weighted by molar-refractivity contribution is -0.121. The van der Waals surface area contributed by atoms with Crippen molar-refractivity contribution in [2.24, 2.45) is 11.8 Å². The normalized spacial score (nSPS) is 19.0. The van der Waals surface area contributed by atoms with E-state index >= 15 is 0 Å². The summed E-state index contributed by atoms with van der Waals surface area (Å²) in [5.41, 5.74) is 0.883. The number of aromatic nitrogens is 2. The van der Waals surface area contributed by atoms with Gasteiger partial charge in [0.25, 0.3) is 0 Å². The minimum absolute atomic E-state index is 0.0759. The van der Waals surface area contributed by atoms with E-state index in [1.54, 1.807) is 14.2 Å². The molecule has 1 saturated carbocycles. The minimum atomic E-state index is 0.0759. The smallest absolute Gasteiger partial charge is 0.229 e. The molecule has 3 rings (SSSR count). The zero-order chi connectivity index (χ0) is 20.6. The number of nitrogens with one attached hydrogen (secondary N) is 1. The largest absolute Gasteiger partial charge is 0.493 e. The summed E-state index contributed by atoms with van der Waals surface area (Å²) in [6, 6.07) is 5.62. The van der Waals surface area contributed by atoms with Crippen molar-refractivity contribution in [3.8, 4) is 22.1 Å². The Bertz CT molecular complexity index is 800. The van der Waals surface area contributed by atoms with Gasteiger partial charge in [-0.3, -0.25) is 4.79 Å². The third-order valence-electron chi connectivity index (χ3n) is 5.72. The summed E-state index contributed by atoms with van der Waals surface area (Å²) in [5.74, 6) is 2.27. The molecule has 1 aromatic carbocycles. The summed E-state index contributed by atoms with van der Waals surface area (Å²) in [6.45, 7) is 2.24. The van der Waals surface area contributed by atoms with Crippen LogP contribution in [0.4, 0.5) is 5.13 Å². The highest BCUT2D eigenvalue weighted by Crippen LogP contribution is 2.35. The summed E-state index contributed by atoms with van der Waals surface area (Å²) < 4.78 is 10.6. The fraction of sp³-hybridized carbons (Fsp3) is 0.591. The average molecular weight is 418 g/mol. The number of amides is 1. The molecule has 0 unspecified atom stereocenters. The molecule has 1 heterocycles. The first-order valence-electron chi connectivity index (χ1n) is 10.5. The monoisotopic (exact) mass is 417 g/mol. The molecule has 29 heavy (non-hydrogen) atoms. The van der Waals surface area contributed by atoms with Crippen LogP contribution in [-0.2, 0) is 4.79 Å². The number of benzene rings is 1. The van der Waals surface area contributed by atoms with Crippen LogP contribution >= 0.6 is 11.3 Å². The van der Waals surface area contributed by atoms with Crippen LogP contribution in [0.1, 0.15) is 58.3 Å². The van der Waals surface area contributed by atoms with Gasteiger partial charge in [0.15, 0.2) is 11.5 Å². The molecule has 2 aromatic rings. The Kier molecular flexibility index (Phi) is 7.86. The quantitative estimate of drug-likeness (QED) is 0.542. The second-order valence-electron chi connectivity index (χ2n) is 7.68. The first kappa shape index (κ1) is 21.6. The Morgan fingerprint density at radius 1 is 1.10 bits per heavy atom. The topological polar surface area (TPSA) is 73.3 Å². The van der Waals surface area contributed by atoms with Gasteiger partial charge in [-0.05, 0) is 49.8 Å². The van der Waals surface area contributed by atoms with Crippen LogP contribution in [0.15, 0.2) is 18.2 Å². The van der Waals surface area contributed by atoms with Gasteiger partial charge in [0, 0.05) is 11.5 Å². The summed E-state index contributed by atoms with van der Waals surface area (Å²) in [4.78, 5) is 12.7. The number of carbonyl (C=O) groups excluding carboxylic acids is 1. The Morgan fingerprint density at radius 2 is 1.86 bits per heavy atom. The van der Waals surface area contributed by atoms with Gasteiger partial charge in [0.2, 0.25) is 11.0 Å². The number of anilines is 1. The lowest BCUT2D eigenvalue weighted by Crippen LogP contribution is -2.27. The fourth-order valence-corrected chi connectivity index (χ4v) is 4.71. The summed E-state index contributed by atoms with van der Waals surface area (Å²) >= 11 is 1.37. The number of ether oxygens (including phenoxy) is 2. The highest BCUT2D eigenvalue weighted by molar-refractivity contribution is 7.18. The minimum Gasteiger partial charge on any atom is -0.493 e. The van der Waals surface area contributed by atoms with E-state index in [-0.39, 0.29) is 11.8 Å². The fourth-order valence-electron chi connectivity index (χ4n) is 3.96. The number of hydrogen-bond donors (Lipinski definition) is 1. The number of hydrogen-bond acceptors (Lipinski definition) is 6. The lowest BCUT2D eigenvalue weighted by Gasteiger charge is -2.27. The van der Waals surface area contributed by atoms with Crippen LogP contribution < -0.4 is 14.8 Å². The Balaban J connectivity index is 1.54. The molecule has 1 N–H and O–H groups in total. The number of methoxy groups -OCH3 is 2. The maximum absolute atomic E-state index is 12.7. The van der Waals surface area contributed by atoms with E-state index in [2.05, 4.69) is 22.4 Å². The van der Waals surface area contributed by atoms with Gasteiger partial charge in [0.05, 0.1) is 14.2 Å². The second kappa shape index (κ2) is 10.6. The average Bonchev–Trinajstić information content (AvgIpc) is 3.22. The maximum Gasteiger partial charge on any atom is 0.229 e.